The molecule has 1 N–H and O–H groups in total. The number of hydrogen-bond acceptors (Lipinski definition) is 3. The lowest BCUT2D eigenvalue weighted by Gasteiger charge is -2.13. The van der Waals surface area contributed by atoms with Crippen molar-refractivity contribution in [2.75, 3.05) is 19.8 Å². The molecule has 0 aliphatic heterocycles. The van der Waals surface area contributed by atoms with Crippen LogP contribution < -0.4 is 14.8 Å². The highest BCUT2D eigenvalue weighted by Gasteiger charge is 2.06. The first-order valence-electron chi connectivity index (χ1n) is 7.20. The van der Waals surface area contributed by atoms with Crippen LogP contribution in [0.3, 0.4) is 0 Å². The summed E-state index contributed by atoms with van der Waals surface area (Å²) in [7, 11) is 0. The molecule has 1 aromatic carbocycles. The summed E-state index contributed by atoms with van der Waals surface area (Å²) in [5, 5.41) is 3.42. The molecule has 0 saturated carbocycles. The Bertz CT molecular complexity index is 435. The van der Waals surface area contributed by atoms with Gasteiger partial charge in [0.25, 0.3) is 0 Å². The van der Waals surface area contributed by atoms with Gasteiger partial charge in [-0.2, -0.15) is 0 Å². The molecule has 0 radical (unpaired) electrons. The molecule has 0 spiro atoms. The smallest absolute Gasteiger partial charge is 0.161 e. The van der Waals surface area contributed by atoms with Crippen molar-refractivity contribution >= 4 is 0 Å². The minimum atomic E-state index is 0.515. The van der Waals surface area contributed by atoms with Crippen molar-refractivity contribution in [1.82, 2.24) is 5.32 Å². The topological polar surface area (TPSA) is 30.5 Å². The predicted octanol–water partition coefficient (Wildman–Crippen LogP) is 3.23. The van der Waals surface area contributed by atoms with Crippen LogP contribution >= 0.6 is 0 Å². The molecule has 0 aromatic heterocycles. The maximum atomic E-state index is 5.64. The average molecular weight is 275 g/mol. The Balaban J connectivity index is 2.65. The zero-order valence-corrected chi connectivity index (χ0v) is 12.7. The molecule has 1 rings (SSSR count). The van der Waals surface area contributed by atoms with Crippen molar-refractivity contribution in [2.45, 2.75) is 33.7 Å². The van der Waals surface area contributed by atoms with E-state index < -0.39 is 0 Å². The Morgan fingerprint density at radius 3 is 2.70 bits per heavy atom. The van der Waals surface area contributed by atoms with Gasteiger partial charge in [-0.05, 0) is 37.1 Å². The lowest BCUT2D eigenvalue weighted by Crippen LogP contribution is -2.19. The fourth-order valence-electron chi connectivity index (χ4n) is 1.78. The number of rotatable bonds is 9. The van der Waals surface area contributed by atoms with Crippen molar-refractivity contribution in [2.24, 2.45) is 5.92 Å². The third-order valence-corrected chi connectivity index (χ3v) is 2.69. The summed E-state index contributed by atoms with van der Waals surface area (Å²) < 4.78 is 11.3. The second-order valence-corrected chi connectivity index (χ2v) is 5.04. The van der Waals surface area contributed by atoms with E-state index in [1.807, 2.05) is 19.1 Å². The van der Waals surface area contributed by atoms with E-state index in [-0.39, 0.29) is 0 Å². The number of ether oxygens (including phenoxy) is 2. The third kappa shape index (κ3) is 5.99. The molecule has 0 bridgehead atoms. The Hall–Kier alpha value is -1.66. The highest BCUT2D eigenvalue weighted by molar-refractivity contribution is 5.43. The molecule has 0 saturated heterocycles. The van der Waals surface area contributed by atoms with Gasteiger partial charge in [0.1, 0.15) is 0 Å². The molecule has 0 aliphatic rings. The zero-order chi connectivity index (χ0) is 14.8. The van der Waals surface area contributed by atoms with Gasteiger partial charge in [0.05, 0.1) is 13.2 Å². The molecular formula is C17H25NO2. The van der Waals surface area contributed by atoms with Gasteiger partial charge < -0.3 is 14.8 Å². The number of hydrogen-bond donors (Lipinski definition) is 1. The highest BCUT2D eigenvalue weighted by atomic mass is 16.5. The summed E-state index contributed by atoms with van der Waals surface area (Å²) in [5.74, 6) is 4.75. The Morgan fingerprint density at radius 1 is 1.25 bits per heavy atom. The van der Waals surface area contributed by atoms with Crippen LogP contribution in [-0.2, 0) is 6.54 Å². The van der Waals surface area contributed by atoms with Crippen molar-refractivity contribution in [3.63, 3.8) is 0 Å². The maximum absolute atomic E-state index is 5.64. The van der Waals surface area contributed by atoms with Crippen LogP contribution in [0.25, 0.3) is 0 Å². The summed E-state index contributed by atoms with van der Waals surface area (Å²) in [5.41, 5.74) is 1.19. The third-order valence-electron chi connectivity index (χ3n) is 2.69. The van der Waals surface area contributed by atoms with E-state index in [0.717, 1.165) is 24.6 Å². The monoisotopic (exact) mass is 275 g/mol. The van der Waals surface area contributed by atoms with Gasteiger partial charge in [-0.15, -0.1) is 12.3 Å². The van der Waals surface area contributed by atoms with Crippen LogP contribution in [0.5, 0.6) is 11.5 Å². The minimum Gasteiger partial charge on any atom is -0.490 e. The van der Waals surface area contributed by atoms with Gasteiger partial charge in [0.15, 0.2) is 11.5 Å². The maximum Gasteiger partial charge on any atom is 0.161 e. The van der Waals surface area contributed by atoms with Crippen molar-refractivity contribution in [1.29, 1.82) is 0 Å². The van der Waals surface area contributed by atoms with E-state index in [1.54, 1.807) is 0 Å². The first-order chi connectivity index (χ1) is 9.67. The molecule has 0 atom stereocenters. The molecule has 0 fully saturated rings. The van der Waals surface area contributed by atoms with Crippen LogP contribution in [0.2, 0.25) is 0 Å². The number of benzene rings is 1. The zero-order valence-electron chi connectivity index (χ0n) is 12.7. The summed E-state index contributed by atoms with van der Waals surface area (Å²) in [4.78, 5) is 0. The molecule has 3 heteroatoms. The molecule has 0 heterocycles. The van der Waals surface area contributed by atoms with Gasteiger partial charge in [-0.1, -0.05) is 19.9 Å². The molecule has 3 nitrogen and oxygen atoms in total. The predicted molar refractivity (Wildman–Crippen MR) is 83.1 cm³/mol. The molecule has 110 valence electrons. The van der Waals surface area contributed by atoms with Crippen LogP contribution in [0.15, 0.2) is 18.2 Å². The molecule has 0 amide bonds. The van der Waals surface area contributed by atoms with E-state index in [0.29, 0.717) is 25.6 Å². The Kier molecular flexibility index (Phi) is 7.60. The average Bonchev–Trinajstić information content (AvgIpc) is 2.41. The van der Waals surface area contributed by atoms with E-state index in [4.69, 9.17) is 15.9 Å². The summed E-state index contributed by atoms with van der Waals surface area (Å²) in [6.07, 6.45) is 5.82. The quantitative estimate of drug-likeness (QED) is 0.554. The van der Waals surface area contributed by atoms with Crippen LogP contribution in [0.4, 0.5) is 0 Å². The molecule has 0 unspecified atom stereocenters. The van der Waals surface area contributed by atoms with E-state index in [9.17, 15) is 0 Å². The SMILES string of the molecule is C#CCCOc1ccc(CNCC(C)C)cc1OCC. The Morgan fingerprint density at radius 2 is 2.05 bits per heavy atom. The lowest BCUT2D eigenvalue weighted by molar-refractivity contribution is 0.281. The summed E-state index contributed by atoms with van der Waals surface area (Å²) >= 11 is 0. The fourth-order valence-corrected chi connectivity index (χ4v) is 1.78. The van der Waals surface area contributed by atoms with Gasteiger partial charge in [-0.25, -0.2) is 0 Å². The Labute approximate surface area is 122 Å². The normalized spacial score (nSPS) is 10.3. The lowest BCUT2D eigenvalue weighted by atomic mass is 10.2. The minimum absolute atomic E-state index is 0.515. The first-order valence-corrected chi connectivity index (χ1v) is 7.20. The van der Waals surface area contributed by atoms with Gasteiger partial charge in [0.2, 0.25) is 0 Å². The molecule has 20 heavy (non-hydrogen) atoms. The molecular weight excluding hydrogens is 250 g/mol. The standard InChI is InChI=1S/C17H25NO2/c1-5-7-10-20-16-9-8-15(11-17(16)19-6-2)13-18-12-14(3)4/h1,8-9,11,14,18H,6-7,10,12-13H2,2-4H3. The number of nitrogens with one attached hydrogen (secondary N) is 1. The highest BCUT2D eigenvalue weighted by Crippen LogP contribution is 2.28. The van der Waals surface area contributed by atoms with E-state index >= 15 is 0 Å². The van der Waals surface area contributed by atoms with Crippen LogP contribution in [0.1, 0.15) is 32.8 Å². The number of terminal acetylenes is 1. The first kappa shape index (κ1) is 16.4. The largest absolute Gasteiger partial charge is 0.490 e. The molecule has 0 aliphatic carbocycles. The second kappa shape index (κ2) is 9.28. The second-order valence-electron chi connectivity index (χ2n) is 5.04. The van der Waals surface area contributed by atoms with Gasteiger partial charge in [0, 0.05) is 13.0 Å². The van der Waals surface area contributed by atoms with Crippen LogP contribution in [0, 0.1) is 18.3 Å². The summed E-state index contributed by atoms with van der Waals surface area (Å²) in [6.45, 7) is 9.33. The molecule has 1 aromatic rings. The van der Waals surface area contributed by atoms with E-state index in [1.165, 1.54) is 5.56 Å². The summed E-state index contributed by atoms with van der Waals surface area (Å²) in [6, 6.07) is 6.04. The van der Waals surface area contributed by atoms with Gasteiger partial charge in [-0.3, -0.25) is 0 Å². The van der Waals surface area contributed by atoms with E-state index in [2.05, 4.69) is 31.2 Å². The van der Waals surface area contributed by atoms with Gasteiger partial charge >= 0.3 is 0 Å². The van der Waals surface area contributed by atoms with Crippen molar-refractivity contribution < 1.29 is 9.47 Å². The van der Waals surface area contributed by atoms with Crippen LogP contribution in [-0.4, -0.2) is 19.8 Å². The van der Waals surface area contributed by atoms with Crippen molar-refractivity contribution in [3.05, 3.63) is 23.8 Å². The van der Waals surface area contributed by atoms with Crippen molar-refractivity contribution in [3.8, 4) is 23.8 Å². The fraction of sp³-hybridized carbons (Fsp3) is 0.529.